The lowest BCUT2D eigenvalue weighted by molar-refractivity contribution is 0.669. The van der Waals surface area contributed by atoms with Crippen molar-refractivity contribution >= 4 is 43.7 Å². The maximum atomic E-state index is 6.62. The first kappa shape index (κ1) is 35.4. The first-order chi connectivity index (χ1) is 31.3. The zero-order valence-corrected chi connectivity index (χ0v) is 34.1. The second kappa shape index (κ2) is 13.8. The summed E-state index contributed by atoms with van der Waals surface area (Å²) in [7, 11) is 0. The predicted molar refractivity (Wildman–Crippen MR) is 257 cm³/mol. The minimum atomic E-state index is -0.579. The highest BCUT2D eigenvalue weighted by molar-refractivity contribution is 6.26. The van der Waals surface area contributed by atoms with Gasteiger partial charge in [0.15, 0.2) is 5.82 Å². The van der Waals surface area contributed by atoms with Crippen LogP contribution in [-0.2, 0) is 5.41 Å². The largest absolute Gasteiger partial charge is 0.456 e. The number of aromatic nitrogens is 3. The van der Waals surface area contributed by atoms with E-state index in [-0.39, 0.29) is 0 Å². The summed E-state index contributed by atoms with van der Waals surface area (Å²) in [4.78, 5) is 10.2. The molecule has 12 aromatic rings. The van der Waals surface area contributed by atoms with Crippen LogP contribution in [0.15, 0.2) is 229 Å². The molecule has 0 unspecified atom stereocenters. The molecule has 294 valence electrons. The molecule has 9 aromatic carbocycles. The van der Waals surface area contributed by atoms with Crippen molar-refractivity contribution in [2.24, 2.45) is 0 Å². The average Bonchev–Trinajstić information content (AvgIpc) is 4.01. The molecule has 1 aliphatic rings. The van der Waals surface area contributed by atoms with Gasteiger partial charge in [-0.3, -0.25) is 0 Å². The summed E-state index contributed by atoms with van der Waals surface area (Å²) in [5, 5.41) is 4.62. The van der Waals surface area contributed by atoms with Crippen molar-refractivity contribution in [3.8, 4) is 50.7 Å². The van der Waals surface area contributed by atoms with Crippen molar-refractivity contribution in [2.75, 3.05) is 0 Å². The van der Waals surface area contributed by atoms with Gasteiger partial charge in [0, 0.05) is 38.5 Å². The molecule has 0 saturated heterocycles. The van der Waals surface area contributed by atoms with Crippen molar-refractivity contribution in [1.29, 1.82) is 0 Å². The summed E-state index contributed by atoms with van der Waals surface area (Å²) in [5.41, 5.74) is 16.9. The van der Waals surface area contributed by atoms with E-state index < -0.39 is 5.41 Å². The number of benzene rings is 9. The van der Waals surface area contributed by atoms with E-state index in [9.17, 15) is 0 Å². The number of nitrogens with zero attached hydrogens (tertiary/aromatic N) is 3. The van der Waals surface area contributed by atoms with Gasteiger partial charge in [0.25, 0.3) is 0 Å². The van der Waals surface area contributed by atoms with Gasteiger partial charge in [-0.15, -0.1) is 0 Å². The zero-order chi connectivity index (χ0) is 41.5. The van der Waals surface area contributed by atoms with Crippen molar-refractivity contribution in [1.82, 2.24) is 14.5 Å². The van der Waals surface area contributed by atoms with Crippen LogP contribution in [0, 0.1) is 0 Å². The molecule has 4 heteroatoms. The molecule has 0 aliphatic heterocycles. The quantitative estimate of drug-likeness (QED) is 0.168. The molecule has 0 N–H and O–H groups in total. The Labute approximate surface area is 364 Å². The van der Waals surface area contributed by atoms with Crippen LogP contribution in [0.25, 0.3) is 94.5 Å². The Morgan fingerprint density at radius 1 is 0.413 bits per heavy atom. The average molecular weight is 804 g/mol. The number of hydrogen-bond donors (Lipinski definition) is 0. The molecule has 3 aromatic heterocycles. The monoisotopic (exact) mass is 803 g/mol. The standard InChI is InChI=1S/C59H37N3O/c1-5-17-38(18-6-1)49-37-50(61-58(60-49)40-19-7-2-8-20-40)39-29-31-43(32-30-39)62-51-35-33-45-44-25-13-15-27-48(44)59(41-21-9-3-10-22-41,42-23-11-4-12-24-42)56(45)54(51)47-34-36-53-55(57(47)62)46-26-14-16-28-52(46)63-53/h1-37H. The summed E-state index contributed by atoms with van der Waals surface area (Å²) in [6, 6.07) is 80.3. The molecule has 4 nitrogen and oxygen atoms in total. The zero-order valence-electron chi connectivity index (χ0n) is 34.1. The Bertz CT molecular complexity index is 3610. The van der Waals surface area contributed by atoms with Gasteiger partial charge >= 0.3 is 0 Å². The lowest BCUT2D eigenvalue weighted by Crippen LogP contribution is -2.28. The summed E-state index contributed by atoms with van der Waals surface area (Å²) in [6.45, 7) is 0. The first-order valence-corrected chi connectivity index (χ1v) is 21.5. The summed E-state index contributed by atoms with van der Waals surface area (Å²) >= 11 is 0. The van der Waals surface area contributed by atoms with Gasteiger partial charge in [0.2, 0.25) is 0 Å². The van der Waals surface area contributed by atoms with Crippen LogP contribution in [-0.4, -0.2) is 14.5 Å². The third-order valence-electron chi connectivity index (χ3n) is 13.1. The molecular formula is C59H37N3O. The van der Waals surface area contributed by atoms with Crippen LogP contribution in [0.3, 0.4) is 0 Å². The summed E-state index contributed by atoms with van der Waals surface area (Å²) in [6.07, 6.45) is 0. The van der Waals surface area contributed by atoms with E-state index in [1.165, 1.54) is 44.2 Å². The van der Waals surface area contributed by atoms with Gasteiger partial charge in [0.05, 0.1) is 33.2 Å². The first-order valence-electron chi connectivity index (χ1n) is 21.5. The second-order valence-electron chi connectivity index (χ2n) is 16.4. The van der Waals surface area contributed by atoms with Gasteiger partial charge < -0.3 is 8.98 Å². The van der Waals surface area contributed by atoms with E-state index in [1.54, 1.807) is 0 Å². The molecule has 0 spiro atoms. The molecule has 0 saturated carbocycles. The van der Waals surface area contributed by atoms with Gasteiger partial charge in [-0.05, 0) is 75.8 Å². The van der Waals surface area contributed by atoms with Crippen LogP contribution < -0.4 is 0 Å². The van der Waals surface area contributed by atoms with Crippen LogP contribution in [0.4, 0.5) is 0 Å². The van der Waals surface area contributed by atoms with Gasteiger partial charge in [-0.2, -0.15) is 0 Å². The molecule has 0 fully saturated rings. The van der Waals surface area contributed by atoms with E-state index in [1.807, 2.05) is 30.3 Å². The van der Waals surface area contributed by atoms with E-state index in [2.05, 4.69) is 199 Å². The number of fused-ring (bicyclic) bond motifs is 11. The Kier molecular flexibility index (Phi) is 7.79. The predicted octanol–water partition coefficient (Wildman–Crippen LogP) is 14.8. The smallest absolute Gasteiger partial charge is 0.160 e. The maximum absolute atomic E-state index is 6.62. The molecule has 0 bridgehead atoms. The molecular weight excluding hydrogens is 767 g/mol. The molecule has 1 aliphatic carbocycles. The Morgan fingerprint density at radius 3 is 1.70 bits per heavy atom. The third kappa shape index (κ3) is 5.22. The Balaban J connectivity index is 1.11. The van der Waals surface area contributed by atoms with Crippen molar-refractivity contribution in [2.45, 2.75) is 5.41 Å². The normalized spacial score (nSPS) is 12.9. The van der Waals surface area contributed by atoms with E-state index in [0.29, 0.717) is 5.82 Å². The number of hydrogen-bond acceptors (Lipinski definition) is 3. The highest BCUT2D eigenvalue weighted by Crippen LogP contribution is 2.59. The van der Waals surface area contributed by atoms with Crippen LogP contribution >= 0.6 is 0 Å². The van der Waals surface area contributed by atoms with Crippen molar-refractivity contribution < 1.29 is 4.42 Å². The lowest BCUT2D eigenvalue weighted by Gasteiger charge is -2.34. The molecule has 0 amide bonds. The van der Waals surface area contributed by atoms with E-state index in [4.69, 9.17) is 14.4 Å². The number of para-hydroxylation sites is 1. The van der Waals surface area contributed by atoms with Gasteiger partial charge in [0.1, 0.15) is 11.2 Å². The molecule has 0 atom stereocenters. The fourth-order valence-electron chi connectivity index (χ4n) is 10.5. The highest BCUT2D eigenvalue weighted by atomic mass is 16.3. The fourth-order valence-corrected chi connectivity index (χ4v) is 10.5. The van der Waals surface area contributed by atoms with E-state index in [0.717, 1.165) is 66.7 Å². The second-order valence-corrected chi connectivity index (χ2v) is 16.4. The number of furan rings is 1. The van der Waals surface area contributed by atoms with E-state index >= 15 is 0 Å². The third-order valence-corrected chi connectivity index (χ3v) is 13.1. The topological polar surface area (TPSA) is 43.9 Å². The minimum absolute atomic E-state index is 0.579. The van der Waals surface area contributed by atoms with Crippen LogP contribution in [0.1, 0.15) is 22.3 Å². The van der Waals surface area contributed by atoms with Crippen LogP contribution in [0.2, 0.25) is 0 Å². The Hall–Kier alpha value is -8.34. The van der Waals surface area contributed by atoms with Crippen molar-refractivity contribution in [3.05, 3.63) is 247 Å². The SMILES string of the molecule is c1ccc(-c2cc(-c3ccc(-n4c5ccc6c(c5c5ccc7oc8ccccc8c7c54)C(c4ccccc4)(c4ccccc4)c4ccccc4-6)cc3)nc(-c3ccccc3)n2)cc1. The van der Waals surface area contributed by atoms with Gasteiger partial charge in [-0.25, -0.2) is 9.97 Å². The maximum Gasteiger partial charge on any atom is 0.160 e. The minimum Gasteiger partial charge on any atom is -0.456 e. The molecule has 3 heterocycles. The highest BCUT2D eigenvalue weighted by Gasteiger charge is 2.48. The molecule has 0 radical (unpaired) electrons. The summed E-state index contributed by atoms with van der Waals surface area (Å²) < 4.78 is 9.08. The molecule has 13 rings (SSSR count). The van der Waals surface area contributed by atoms with Crippen LogP contribution in [0.5, 0.6) is 0 Å². The Morgan fingerprint density at radius 2 is 1.00 bits per heavy atom. The van der Waals surface area contributed by atoms with Crippen molar-refractivity contribution in [3.63, 3.8) is 0 Å². The van der Waals surface area contributed by atoms with Gasteiger partial charge in [-0.1, -0.05) is 182 Å². The molecule has 63 heavy (non-hydrogen) atoms. The lowest BCUT2D eigenvalue weighted by atomic mass is 9.67. The summed E-state index contributed by atoms with van der Waals surface area (Å²) in [5.74, 6) is 0.697. The fraction of sp³-hybridized carbons (Fsp3) is 0.0169. The number of rotatable bonds is 6.